The van der Waals surface area contributed by atoms with Crippen LogP contribution in [0.2, 0.25) is 0 Å². The van der Waals surface area contributed by atoms with E-state index in [1.807, 2.05) is 6.92 Å². The van der Waals surface area contributed by atoms with Crippen molar-refractivity contribution in [3.8, 4) is 0 Å². The average Bonchev–Trinajstić information content (AvgIpc) is 0.688. The van der Waals surface area contributed by atoms with Crippen LogP contribution in [0.4, 0.5) is 0 Å². The highest BCUT2D eigenvalue weighted by atomic mass is 16.8. The molecule has 10 rings (SSSR count). The van der Waals surface area contributed by atoms with Crippen molar-refractivity contribution in [1.82, 2.24) is 0 Å². The molecule has 27 heteroatoms. The summed E-state index contributed by atoms with van der Waals surface area (Å²) in [5.74, 6) is -1.39. The largest absolute Gasteiger partial charge is 0.463 e. The number of allylic oxidation sites excluding steroid dienone is 1. The summed E-state index contributed by atoms with van der Waals surface area (Å²) < 4.78 is 65.1. The molecule has 504 valence electrons. The maximum Gasteiger partial charge on any atom is 0.318 e. The van der Waals surface area contributed by atoms with Crippen LogP contribution in [0, 0.1) is 50.2 Å². The molecule has 27 nitrogen and oxygen atoms in total. The van der Waals surface area contributed by atoms with Gasteiger partial charge in [0.2, 0.25) is 6.29 Å². The molecule has 5 aliphatic carbocycles. The summed E-state index contributed by atoms with van der Waals surface area (Å²) in [6, 6.07) is 0. The molecule has 5 heterocycles. The van der Waals surface area contributed by atoms with Gasteiger partial charge in [0.25, 0.3) is 0 Å². The number of hydrogen-bond acceptors (Lipinski definition) is 27. The number of fused-ring (bicyclic) bond motifs is 7. The quantitative estimate of drug-likeness (QED) is 0.0509. The van der Waals surface area contributed by atoms with Gasteiger partial charge in [-0.05, 0) is 117 Å². The Morgan fingerprint density at radius 3 is 1.74 bits per heavy atom. The molecule has 14 N–H and O–H groups in total. The van der Waals surface area contributed by atoms with Crippen LogP contribution >= 0.6 is 0 Å². The van der Waals surface area contributed by atoms with Crippen LogP contribution in [0.1, 0.15) is 127 Å². The van der Waals surface area contributed by atoms with Gasteiger partial charge in [-0.25, -0.2) is 0 Å². The van der Waals surface area contributed by atoms with Crippen molar-refractivity contribution in [2.24, 2.45) is 50.2 Å². The SMILES string of the molecule is CC(=O)OC[C@H]1O[C@@H](OC[C@H]2O[C@@H](OC(=O)[C@]34CCC(C)(C)C=C3[C@H]3CC[C@@H]5[C@@]6(C)CC[C@H](O[C@@H]7OC[C@H](O)[C@H](O)[C@H]7O[C@@H]7O[C@@H](C)[C@H](O)[C@@H](O)[C@H]7O)[C@@](C)(CO)[C@@H]6CC[C@@]5(C)[C@]3(C)CC4)[C@H](O)[C@@H](O)[C@@H]2O)[C@H](O)[C@@H](O)[C@@H]1O[C@@H]1O[C@@H](C)[C@H](O)[C@@H](O)[C@H]1O. The van der Waals surface area contributed by atoms with Gasteiger partial charge in [0.05, 0.1) is 43.5 Å². The maximum absolute atomic E-state index is 15.3. The molecule has 0 spiro atoms. The molecule has 0 aromatic carbocycles. The molecule has 33 atom stereocenters. The van der Waals surface area contributed by atoms with E-state index in [4.69, 9.17) is 52.1 Å². The van der Waals surface area contributed by atoms with Gasteiger partial charge in [0, 0.05) is 12.3 Å². The van der Waals surface area contributed by atoms with Gasteiger partial charge in [-0.3, -0.25) is 9.59 Å². The zero-order valence-electron chi connectivity index (χ0n) is 51.7. The van der Waals surface area contributed by atoms with Crippen molar-refractivity contribution < 1.29 is 133 Å². The van der Waals surface area contributed by atoms with Crippen LogP contribution in [-0.4, -0.2) is 263 Å². The number of carbonyl (C=O) groups excluding carboxylic acids is 2. The monoisotopic (exact) mass is 1260 g/mol. The van der Waals surface area contributed by atoms with Gasteiger partial charge < -0.3 is 124 Å². The van der Waals surface area contributed by atoms with Crippen molar-refractivity contribution in [2.45, 2.75) is 280 Å². The minimum atomic E-state index is -1.93. The Balaban J connectivity index is 0.827. The van der Waals surface area contributed by atoms with Crippen molar-refractivity contribution in [3.05, 3.63) is 11.6 Å². The molecular formula is C61H98O27. The van der Waals surface area contributed by atoms with E-state index in [0.717, 1.165) is 38.2 Å². The van der Waals surface area contributed by atoms with Crippen LogP contribution in [0.15, 0.2) is 11.6 Å². The first-order valence-electron chi connectivity index (χ1n) is 31.5. The summed E-state index contributed by atoms with van der Waals surface area (Å²) in [6.45, 7) is 15.6. The first-order chi connectivity index (χ1) is 41.2. The molecule has 5 aliphatic heterocycles. The number of esters is 2. The minimum Gasteiger partial charge on any atom is -0.463 e. The Hall–Kier alpha value is -2.24. The average molecular weight is 1260 g/mol. The smallest absolute Gasteiger partial charge is 0.318 e. The molecule has 10 aliphatic rings. The fraction of sp³-hybridized carbons (Fsp3) is 0.934. The molecule has 88 heavy (non-hydrogen) atoms. The summed E-state index contributed by atoms with van der Waals surface area (Å²) >= 11 is 0. The van der Waals surface area contributed by atoms with Crippen molar-refractivity contribution in [2.75, 3.05) is 26.4 Å². The van der Waals surface area contributed by atoms with Crippen LogP contribution in [-0.2, 0) is 61.7 Å². The molecule has 0 amide bonds. The zero-order valence-corrected chi connectivity index (χ0v) is 51.7. The Labute approximate surface area is 512 Å². The zero-order chi connectivity index (χ0) is 64.3. The van der Waals surface area contributed by atoms with Gasteiger partial charge >= 0.3 is 11.9 Å². The van der Waals surface area contributed by atoms with Crippen molar-refractivity contribution >= 4 is 11.9 Å². The number of carbonyl (C=O) groups is 2. The van der Waals surface area contributed by atoms with E-state index in [0.29, 0.717) is 38.5 Å². The van der Waals surface area contributed by atoms with E-state index >= 15 is 4.79 Å². The number of hydrogen-bond donors (Lipinski definition) is 14. The van der Waals surface area contributed by atoms with Gasteiger partial charge in [-0.15, -0.1) is 0 Å². The molecule has 0 unspecified atom stereocenters. The Morgan fingerprint density at radius 1 is 0.534 bits per heavy atom. The molecule has 5 saturated heterocycles. The van der Waals surface area contributed by atoms with Gasteiger partial charge in [0.1, 0.15) is 110 Å². The van der Waals surface area contributed by atoms with Gasteiger partial charge in [-0.2, -0.15) is 0 Å². The molecule has 4 saturated carbocycles. The van der Waals surface area contributed by atoms with Crippen LogP contribution in [0.25, 0.3) is 0 Å². The summed E-state index contributed by atoms with van der Waals surface area (Å²) in [5.41, 5.74) is -2.28. The topological polar surface area (TPSA) is 419 Å². The molecule has 0 aromatic rings. The fourth-order valence-corrected chi connectivity index (χ4v) is 17.8. The van der Waals surface area contributed by atoms with Gasteiger partial charge in [0.15, 0.2) is 25.2 Å². The lowest BCUT2D eigenvalue weighted by molar-refractivity contribution is -0.366. The van der Waals surface area contributed by atoms with E-state index in [-0.39, 0.29) is 52.6 Å². The van der Waals surface area contributed by atoms with Crippen LogP contribution < -0.4 is 0 Å². The second-order valence-corrected chi connectivity index (χ2v) is 29.0. The van der Waals surface area contributed by atoms with Crippen molar-refractivity contribution in [1.29, 1.82) is 0 Å². The molecular weight excluding hydrogens is 1160 g/mol. The van der Waals surface area contributed by atoms with Crippen molar-refractivity contribution in [3.63, 3.8) is 0 Å². The van der Waals surface area contributed by atoms with E-state index in [1.165, 1.54) is 13.8 Å². The minimum absolute atomic E-state index is 0.0599. The highest BCUT2D eigenvalue weighted by Gasteiger charge is 2.71. The van der Waals surface area contributed by atoms with Crippen LogP contribution in [0.3, 0.4) is 0 Å². The normalized spacial score (nSPS) is 53.7. The lowest BCUT2D eigenvalue weighted by atomic mass is 9.32. The molecule has 0 aromatic heterocycles. The second kappa shape index (κ2) is 25.5. The van der Waals surface area contributed by atoms with Gasteiger partial charge in [-0.1, -0.05) is 53.2 Å². The first-order valence-corrected chi connectivity index (χ1v) is 31.5. The predicted molar refractivity (Wildman–Crippen MR) is 298 cm³/mol. The first kappa shape index (κ1) is 68.6. The highest BCUT2D eigenvalue weighted by molar-refractivity contribution is 5.82. The molecule has 0 bridgehead atoms. The van der Waals surface area contributed by atoms with E-state index < -0.39 is 190 Å². The summed E-state index contributed by atoms with van der Waals surface area (Å²) in [7, 11) is 0. The Kier molecular flexibility index (Phi) is 19.9. The van der Waals surface area contributed by atoms with E-state index in [9.17, 15) is 76.3 Å². The number of aliphatic hydroxyl groups is 14. The number of aliphatic hydroxyl groups excluding tert-OH is 14. The summed E-state index contributed by atoms with van der Waals surface area (Å²) in [4.78, 5) is 27.2. The molecule has 0 radical (unpaired) electrons. The summed E-state index contributed by atoms with van der Waals surface area (Å²) in [5, 5.41) is 153. The van der Waals surface area contributed by atoms with Crippen LogP contribution in [0.5, 0.6) is 0 Å². The molecule has 9 fully saturated rings. The van der Waals surface area contributed by atoms with E-state index in [1.54, 1.807) is 0 Å². The lowest BCUT2D eigenvalue weighted by Gasteiger charge is -2.72. The fourth-order valence-electron chi connectivity index (χ4n) is 17.8. The second-order valence-electron chi connectivity index (χ2n) is 29.0. The number of ether oxygens (including phenoxy) is 11. The third kappa shape index (κ3) is 11.8. The third-order valence-corrected chi connectivity index (χ3v) is 23.4. The van der Waals surface area contributed by atoms with E-state index in [2.05, 4.69) is 40.7 Å². The predicted octanol–water partition coefficient (Wildman–Crippen LogP) is -1.97. The Morgan fingerprint density at radius 2 is 1.11 bits per heavy atom. The lowest BCUT2D eigenvalue weighted by Crippen LogP contribution is -2.68. The number of rotatable bonds is 14. The third-order valence-electron chi connectivity index (χ3n) is 23.4. The highest BCUT2D eigenvalue weighted by Crippen LogP contribution is 2.77. The summed E-state index contributed by atoms with van der Waals surface area (Å²) in [6.07, 6.45) is -30.1. The maximum atomic E-state index is 15.3. The Bertz CT molecular complexity index is 2490. The standard InChI is InChI=1S/C61H98O27/c1-25-36(65)40(69)44(73)51(81-25)86-48-32(23-78-27(3)63)84-50(47(76)43(48)72)80-22-31-39(68)42(71)46(75)53(83-31)88-55(77)61-18-16-56(4,5)20-29(61)28-10-11-34-57(6)14-13-35(58(7,24-62)33(57)12-15-60(34,9)59(28,8)17-19-61)85-54-49(38(67)30(64)21-79-54)87-52-45(74)41(70)37(66)26(2)82-52/h20,25-26,28,30-54,62,64-76H,10-19,21-24H2,1-9H3/t25-,26-,28+,30-,31+,32+,33+,34+,35-,36-,37-,38-,39+,40+,41+,42-,43+,44+,45+,46+,47+,48+,49+,50+,51-,52-,53-,54-,57-,58-,59+,60+,61-/m0/s1.